The average molecular weight is 179 g/mol. The number of benzene rings is 1. The standard InChI is InChI=1S/C10H13NS/c12-10-6-2-1-4-8(10)9-5-3-7-11-9/h1-2,4,6,9,11-12H,3,5,7H2/t9-/m1/s1. The van der Waals surface area contributed by atoms with Gasteiger partial charge in [-0.1, -0.05) is 18.2 Å². The summed E-state index contributed by atoms with van der Waals surface area (Å²) >= 11 is 4.43. The third-order valence-corrected chi connectivity index (χ3v) is 2.78. The van der Waals surface area contributed by atoms with Gasteiger partial charge in [0.2, 0.25) is 0 Å². The van der Waals surface area contributed by atoms with Crippen LogP contribution >= 0.6 is 12.6 Å². The number of rotatable bonds is 1. The van der Waals surface area contributed by atoms with E-state index in [0.717, 1.165) is 11.4 Å². The largest absolute Gasteiger partial charge is 0.310 e. The second kappa shape index (κ2) is 3.50. The molecule has 1 aromatic carbocycles. The molecule has 1 N–H and O–H groups in total. The fourth-order valence-corrected chi connectivity index (χ4v) is 2.05. The van der Waals surface area contributed by atoms with E-state index in [9.17, 15) is 0 Å². The molecule has 12 heavy (non-hydrogen) atoms. The van der Waals surface area contributed by atoms with E-state index in [2.05, 4.69) is 36.1 Å². The van der Waals surface area contributed by atoms with Gasteiger partial charge in [-0.3, -0.25) is 0 Å². The highest BCUT2D eigenvalue weighted by Gasteiger charge is 2.17. The first-order valence-corrected chi connectivity index (χ1v) is 4.84. The Morgan fingerprint density at radius 2 is 2.17 bits per heavy atom. The maximum Gasteiger partial charge on any atom is 0.0331 e. The molecule has 0 radical (unpaired) electrons. The molecule has 0 spiro atoms. The van der Waals surface area contributed by atoms with Gasteiger partial charge in [-0.2, -0.15) is 0 Å². The molecule has 0 aromatic heterocycles. The molecule has 1 fully saturated rings. The van der Waals surface area contributed by atoms with Crippen molar-refractivity contribution in [1.82, 2.24) is 5.32 Å². The topological polar surface area (TPSA) is 12.0 Å². The van der Waals surface area contributed by atoms with Crippen LogP contribution in [0.5, 0.6) is 0 Å². The summed E-state index contributed by atoms with van der Waals surface area (Å²) in [4.78, 5) is 1.11. The quantitative estimate of drug-likeness (QED) is 0.631. The Labute approximate surface area is 78.6 Å². The van der Waals surface area contributed by atoms with Crippen LogP contribution in [-0.2, 0) is 0 Å². The van der Waals surface area contributed by atoms with E-state index in [-0.39, 0.29) is 0 Å². The van der Waals surface area contributed by atoms with Crippen LogP contribution in [0.2, 0.25) is 0 Å². The van der Waals surface area contributed by atoms with Crippen LogP contribution in [0.15, 0.2) is 29.2 Å². The van der Waals surface area contributed by atoms with E-state index in [0.29, 0.717) is 6.04 Å². The van der Waals surface area contributed by atoms with Gasteiger partial charge in [-0.15, -0.1) is 12.6 Å². The van der Waals surface area contributed by atoms with Crippen molar-refractivity contribution in [3.05, 3.63) is 29.8 Å². The monoisotopic (exact) mass is 179 g/mol. The molecule has 0 unspecified atom stereocenters. The van der Waals surface area contributed by atoms with Crippen molar-refractivity contribution in [3.8, 4) is 0 Å². The van der Waals surface area contributed by atoms with E-state index in [1.807, 2.05) is 6.07 Å². The van der Waals surface area contributed by atoms with Crippen LogP contribution in [0.25, 0.3) is 0 Å². The van der Waals surface area contributed by atoms with Gasteiger partial charge in [0.15, 0.2) is 0 Å². The van der Waals surface area contributed by atoms with Crippen molar-refractivity contribution < 1.29 is 0 Å². The fourth-order valence-electron chi connectivity index (χ4n) is 1.73. The number of nitrogens with one attached hydrogen (secondary N) is 1. The zero-order valence-electron chi connectivity index (χ0n) is 6.96. The maximum absolute atomic E-state index is 4.43. The molecule has 2 rings (SSSR count). The minimum absolute atomic E-state index is 0.540. The second-order valence-electron chi connectivity index (χ2n) is 3.21. The zero-order valence-corrected chi connectivity index (χ0v) is 7.85. The molecular formula is C10H13NS. The van der Waals surface area contributed by atoms with Crippen molar-refractivity contribution in [1.29, 1.82) is 0 Å². The van der Waals surface area contributed by atoms with Crippen LogP contribution in [0.1, 0.15) is 24.4 Å². The molecule has 1 aromatic rings. The summed E-state index contributed by atoms with van der Waals surface area (Å²) in [6, 6.07) is 8.86. The lowest BCUT2D eigenvalue weighted by molar-refractivity contribution is 0.637. The Morgan fingerprint density at radius 1 is 1.33 bits per heavy atom. The Bertz CT molecular complexity index is 266. The van der Waals surface area contributed by atoms with Crippen LogP contribution in [0, 0.1) is 0 Å². The van der Waals surface area contributed by atoms with Gasteiger partial charge < -0.3 is 5.32 Å². The summed E-state index contributed by atoms with van der Waals surface area (Å²) < 4.78 is 0. The van der Waals surface area contributed by atoms with Gasteiger partial charge >= 0.3 is 0 Å². The minimum atomic E-state index is 0.540. The Balaban J connectivity index is 2.26. The molecule has 2 heteroatoms. The summed E-state index contributed by atoms with van der Waals surface area (Å²) in [6.45, 7) is 1.15. The van der Waals surface area contributed by atoms with E-state index in [1.165, 1.54) is 18.4 Å². The molecule has 1 saturated heterocycles. The fraction of sp³-hybridized carbons (Fsp3) is 0.400. The SMILES string of the molecule is Sc1ccccc1[C@H]1CCCN1. The molecule has 1 aliphatic heterocycles. The van der Waals surface area contributed by atoms with Gasteiger partial charge in [-0.05, 0) is 31.0 Å². The highest BCUT2D eigenvalue weighted by molar-refractivity contribution is 7.80. The van der Waals surface area contributed by atoms with Crippen molar-refractivity contribution >= 4 is 12.6 Å². The lowest BCUT2D eigenvalue weighted by Gasteiger charge is -2.12. The molecule has 0 saturated carbocycles. The number of thiol groups is 1. The van der Waals surface area contributed by atoms with E-state index < -0.39 is 0 Å². The van der Waals surface area contributed by atoms with Gasteiger partial charge in [-0.25, -0.2) is 0 Å². The lowest BCUT2D eigenvalue weighted by Crippen LogP contribution is -2.13. The van der Waals surface area contributed by atoms with Crippen LogP contribution in [-0.4, -0.2) is 6.54 Å². The highest BCUT2D eigenvalue weighted by Crippen LogP contribution is 2.27. The van der Waals surface area contributed by atoms with Crippen molar-refractivity contribution in [3.63, 3.8) is 0 Å². The Hall–Kier alpha value is -0.470. The summed E-state index contributed by atoms with van der Waals surface area (Å²) in [6.07, 6.45) is 2.53. The van der Waals surface area contributed by atoms with E-state index in [4.69, 9.17) is 0 Å². The first kappa shape index (κ1) is 8.14. The predicted molar refractivity (Wildman–Crippen MR) is 53.7 cm³/mol. The normalized spacial score (nSPS) is 22.9. The lowest BCUT2D eigenvalue weighted by atomic mass is 10.1. The number of hydrogen-bond acceptors (Lipinski definition) is 2. The third kappa shape index (κ3) is 1.50. The van der Waals surface area contributed by atoms with Crippen LogP contribution < -0.4 is 5.32 Å². The van der Waals surface area contributed by atoms with Crippen molar-refractivity contribution in [2.24, 2.45) is 0 Å². The zero-order chi connectivity index (χ0) is 8.39. The first-order chi connectivity index (χ1) is 5.88. The summed E-state index contributed by atoms with van der Waals surface area (Å²) in [7, 11) is 0. The molecule has 64 valence electrons. The number of hydrogen-bond donors (Lipinski definition) is 2. The minimum Gasteiger partial charge on any atom is -0.310 e. The first-order valence-electron chi connectivity index (χ1n) is 4.39. The second-order valence-corrected chi connectivity index (χ2v) is 3.69. The molecule has 1 heterocycles. The third-order valence-electron chi connectivity index (χ3n) is 2.37. The van der Waals surface area contributed by atoms with Crippen molar-refractivity contribution in [2.75, 3.05) is 6.54 Å². The predicted octanol–water partition coefficient (Wildman–Crippen LogP) is 2.40. The van der Waals surface area contributed by atoms with Gasteiger partial charge in [0.25, 0.3) is 0 Å². The average Bonchev–Trinajstić information content (AvgIpc) is 2.57. The Morgan fingerprint density at radius 3 is 2.83 bits per heavy atom. The summed E-state index contributed by atoms with van der Waals surface area (Å²) in [5, 5.41) is 3.46. The smallest absolute Gasteiger partial charge is 0.0331 e. The molecular weight excluding hydrogens is 166 g/mol. The van der Waals surface area contributed by atoms with Crippen molar-refractivity contribution in [2.45, 2.75) is 23.8 Å². The summed E-state index contributed by atoms with van der Waals surface area (Å²) in [5.74, 6) is 0. The van der Waals surface area contributed by atoms with Gasteiger partial charge in [0.1, 0.15) is 0 Å². The van der Waals surface area contributed by atoms with Crippen LogP contribution in [0.3, 0.4) is 0 Å². The molecule has 0 bridgehead atoms. The maximum atomic E-state index is 4.43. The van der Waals surface area contributed by atoms with Crippen LogP contribution in [0.4, 0.5) is 0 Å². The molecule has 0 aliphatic carbocycles. The van der Waals surface area contributed by atoms with Gasteiger partial charge in [0, 0.05) is 10.9 Å². The van der Waals surface area contributed by atoms with E-state index in [1.54, 1.807) is 0 Å². The molecule has 1 aliphatic rings. The molecule has 1 atom stereocenters. The molecule has 0 amide bonds. The highest BCUT2D eigenvalue weighted by atomic mass is 32.1. The summed E-state index contributed by atoms with van der Waals surface area (Å²) in [5.41, 5.74) is 1.35. The Kier molecular flexibility index (Phi) is 2.38. The molecule has 1 nitrogen and oxygen atoms in total. The van der Waals surface area contributed by atoms with Gasteiger partial charge in [0.05, 0.1) is 0 Å². The van der Waals surface area contributed by atoms with E-state index >= 15 is 0 Å².